The van der Waals surface area contributed by atoms with Crippen molar-refractivity contribution in [2.45, 2.75) is 57.3 Å². The number of nitrogen functional groups attached to an aromatic ring is 1. The molecule has 0 aromatic carbocycles. The van der Waals surface area contributed by atoms with E-state index in [1.165, 1.54) is 15.3 Å². The molecular weight excluding hydrogens is 333 g/mol. The molecule has 0 amide bonds. The van der Waals surface area contributed by atoms with Crippen LogP contribution in [0.25, 0.3) is 11.2 Å². The van der Waals surface area contributed by atoms with Crippen molar-refractivity contribution in [1.82, 2.24) is 19.1 Å². The fourth-order valence-corrected chi connectivity index (χ4v) is 3.09. The lowest BCUT2D eigenvalue weighted by atomic mass is 10.1. The van der Waals surface area contributed by atoms with Gasteiger partial charge in [-0.05, 0) is 6.42 Å². The van der Waals surface area contributed by atoms with Gasteiger partial charge in [0.1, 0.15) is 24.4 Å². The number of alkyl halides is 1. The largest absolute Gasteiger partial charge is 0.388 e. The summed E-state index contributed by atoms with van der Waals surface area (Å²) in [4.78, 5) is 20.9. The van der Waals surface area contributed by atoms with E-state index in [1.54, 1.807) is 0 Å². The molecule has 0 saturated carbocycles. The second-order valence-electron chi connectivity index (χ2n) is 6.18. The number of halogens is 1. The van der Waals surface area contributed by atoms with Crippen molar-refractivity contribution in [3.8, 4) is 0 Å². The van der Waals surface area contributed by atoms with E-state index in [2.05, 4.69) is 9.97 Å². The number of ether oxygens (including phenoxy) is 1. The SMILES string of the molecule is CCCCn1c(=O)n([C@@H]2O[C@H](C(O)CF)C[C@H]2O)c2nc(N)ncc21. The average molecular weight is 355 g/mol. The maximum absolute atomic E-state index is 12.9. The van der Waals surface area contributed by atoms with Crippen molar-refractivity contribution < 1.29 is 19.3 Å². The van der Waals surface area contributed by atoms with E-state index in [-0.39, 0.29) is 18.0 Å². The lowest BCUT2D eigenvalue weighted by Gasteiger charge is -2.17. The molecule has 9 nitrogen and oxygen atoms in total. The fourth-order valence-electron chi connectivity index (χ4n) is 3.09. The quantitative estimate of drug-likeness (QED) is 0.663. The van der Waals surface area contributed by atoms with Gasteiger partial charge in [-0.3, -0.25) is 4.57 Å². The van der Waals surface area contributed by atoms with Crippen molar-refractivity contribution in [3.05, 3.63) is 16.7 Å². The first kappa shape index (κ1) is 17.8. The molecule has 3 rings (SSSR count). The van der Waals surface area contributed by atoms with Crippen LogP contribution in [0, 0.1) is 0 Å². The molecule has 10 heteroatoms. The molecule has 0 radical (unpaired) electrons. The Morgan fingerprint density at radius 2 is 2.32 bits per heavy atom. The van der Waals surface area contributed by atoms with Crippen LogP contribution in [0.15, 0.2) is 11.0 Å². The number of aliphatic hydroxyl groups is 2. The first-order valence-electron chi connectivity index (χ1n) is 8.28. The number of aryl methyl sites for hydroxylation is 1. The third-order valence-electron chi connectivity index (χ3n) is 4.42. The monoisotopic (exact) mass is 355 g/mol. The first-order valence-corrected chi connectivity index (χ1v) is 8.28. The Hall–Kier alpha value is -2.04. The third-order valence-corrected chi connectivity index (χ3v) is 4.42. The summed E-state index contributed by atoms with van der Waals surface area (Å²) in [6.07, 6.45) is -1.26. The second kappa shape index (κ2) is 7.06. The maximum Gasteiger partial charge on any atom is 0.332 e. The highest BCUT2D eigenvalue weighted by Crippen LogP contribution is 2.32. The molecule has 25 heavy (non-hydrogen) atoms. The summed E-state index contributed by atoms with van der Waals surface area (Å²) in [7, 11) is 0. The number of aliphatic hydroxyl groups excluding tert-OH is 2. The molecule has 1 fully saturated rings. The molecule has 0 aliphatic carbocycles. The molecule has 0 spiro atoms. The minimum Gasteiger partial charge on any atom is -0.388 e. The molecule has 1 saturated heterocycles. The molecule has 2 aromatic rings. The Labute approximate surface area is 142 Å². The van der Waals surface area contributed by atoms with E-state index in [0.29, 0.717) is 12.1 Å². The predicted molar refractivity (Wildman–Crippen MR) is 87.6 cm³/mol. The number of hydrogen-bond acceptors (Lipinski definition) is 7. The Morgan fingerprint density at radius 3 is 3.00 bits per heavy atom. The van der Waals surface area contributed by atoms with Crippen LogP contribution >= 0.6 is 0 Å². The van der Waals surface area contributed by atoms with E-state index in [4.69, 9.17) is 10.5 Å². The van der Waals surface area contributed by atoms with Gasteiger partial charge in [0.05, 0.1) is 12.3 Å². The van der Waals surface area contributed by atoms with Crippen molar-refractivity contribution in [1.29, 1.82) is 0 Å². The molecule has 2 aromatic heterocycles. The van der Waals surface area contributed by atoms with E-state index in [1.807, 2.05) is 6.92 Å². The first-order chi connectivity index (χ1) is 12.0. The topological polar surface area (TPSA) is 128 Å². The van der Waals surface area contributed by atoms with Gasteiger partial charge < -0.3 is 20.7 Å². The zero-order valence-electron chi connectivity index (χ0n) is 13.9. The maximum atomic E-state index is 12.9. The third kappa shape index (κ3) is 3.12. The van der Waals surface area contributed by atoms with E-state index in [9.17, 15) is 19.4 Å². The number of anilines is 1. The van der Waals surface area contributed by atoms with Gasteiger partial charge >= 0.3 is 5.69 Å². The number of fused-ring (bicyclic) bond motifs is 1. The van der Waals surface area contributed by atoms with Gasteiger partial charge in [0, 0.05) is 13.0 Å². The van der Waals surface area contributed by atoms with Crippen LogP contribution in [-0.2, 0) is 11.3 Å². The lowest BCUT2D eigenvalue weighted by molar-refractivity contribution is -0.0797. The minimum absolute atomic E-state index is 0.0123. The number of aromatic nitrogens is 4. The molecule has 0 bridgehead atoms. The number of nitrogens with two attached hydrogens (primary N) is 1. The van der Waals surface area contributed by atoms with Gasteiger partial charge in [-0.2, -0.15) is 4.98 Å². The number of hydrogen-bond donors (Lipinski definition) is 3. The van der Waals surface area contributed by atoms with Gasteiger partial charge in [-0.25, -0.2) is 18.7 Å². The Bertz CT molecular complexity index is 807. The van der Waals surface area contributed by atoms with Crippen LogP contribution in [0.3, 0.4) is 0 Å². The van der Waals surface area contributed by atoms with Crippen LogP contribution in [0.5, 0.6) is 0 Å². The Kier molecular flexibility index (Phi) is 5.02. The molecule has 4 N–H and O–H groups in total. The van der Waals surface area contributed by atoms with Crippen LogP contribution in [0.2, 0.25) is 0 Å². The predicted octanol–water partition coefficient (Wildman–Crippen LogP) is -0.0459. The van der Waals surface area contributed by atoms with Crippen molar-refractivity contribution in [2.75, 3.05) is 12.4 Å². The summed E-state index contributed by atoms with van der Waals surface area (Å²) in [5.74, 6) is -0.0123. The Morgan fingerprint density at radius 1 is 1.56 bits per heavy atom. The zero-order chi connectivity index (χ0) is 18.1. The summed E-state index contributed by atoms with van der Waals surface area (Å²) in [5, 5.41) is 19.9. The summed E-state index contributed by atoms with van der Waals surface area (Å²) < 4.78 is 21.0. The molecular formula is C15H22FN5O4. The van der Waals surface area contributed by atoms with Gasteiger partial charge in [0.15, 0.2) is 11.9 Å². The minimum atomic E-state index is -1.36. The smallest absolute Gasteiger partial charge is 0.332 e. The zero-order valence-corrected chi connectivity index (χ0v) is 13.9. The standard InChI is InChI=1S/C15H22FN5O4/c1-2-3-4-20-8-7-18-14(17)19-12(8)21(15(20)24)13-9(22)5-11(25-13)10(23)6-16/h7,9-11,13,22-23H,2-6H2,1H3,(H2,17,18,19)/t9-,10?,11+,13-/m1/s1. The fraction of sp³-hybridized carbons (Fsp3) is 0.667. The number of imidazole rings is 1. The Balaban J connectivity index is 2.08. The highest BCUT2D eigenvalue weighted by molar-refractivity contribution is 5.71. The van der Waals surface area contributed by atoms with Crippen molar-refractivity contribution in [2.24, 2.45) is 0 Å². The molecule has 3 heterocycles. The van der Waals surface area contributed by atoms with Gasteiger partial charge in [0.25, 0.3) is 0 Å². The van der Waals surface area contributed by atoms with Gasteiger partial charge in [0.2, 0.25) is 5.95 Å². The normalized spacial score (nSPS) is 24.9. The number of rotatable bonds is 6. The van der Waals surface area contributed by atoms with E-state index < -0.39 is 36.9 Å². The number of nitrogens with zero attached hydrogens (tertiary/aromatic N) is 4. The van der Waals surface area contributed by atoms with E-state index >= 15 is 0 Å². The molecule has 1 aliphatic heterocycles. The lowest BCUT2D eigenvalue weighted by Crippen LogP contribution is -2.32. The molecule has 1 aliphatic rings. The molecule has 4 atom stereocenters. The highest BCUT2D eigenvalue weighted by Gasteiger charge is 2.41. The van der Waals surface area contributed by atoms with Crippen LogP contribution in [0.4, 0.5) is 10.3 Å². The van der Waals surface area contributed by atoms with Crippen LogP contribution in [0.1, 0.15) is 32.4 Å². The summed E-state index contributed by atoms with van der Waals surface area (Å²) in [6.45, 7) is 1.48. The van der Waals surface area contributed by atoms with Crippen LogP contribution < -0.4 is 11.4 Å². The van der Waals surface area contributed by atoms with Gasteiger partial charge in [-0.15, -0.1) is 0 Å². The van der Waals surface area contributed by atoms with E-state index in [0.717, 1.165) is 12.8 Å². The summed E-state index contributed by atoms with van der Waals surface area (Å²) in [6, 6.07) is 0. The van der Waals surface area contributed by atoms with Gasteiger partial charge in [-0.1, -0.05) is 13.3 Å². The summed E-state index contributed by atoms with van der Waals surface area (Å²) >= 11 is 0. The van der Waals surface area contributed by atoms with Crippen LogP contribution in [-0.4, -0.2) is 54.3 Å². The number of unbranched alkanes of at least 4 members (excludes halogenated alkanes) is 1. The highest BCUT2D eigenvalue weighted by atomic mass is 19.1. The average Bonchev–Trinajstić information content (AvgIpc) is 3.09. The summed E-state index contributed by atoms with van der Waals surface area (Å²) in [5.41, 5.74) is 5.96. The second-order valence-corrected chi connectivity index (χ2v) is 6.18. The van der Waals surface area contributed by atoms with Crippen molar-refractivity contribution >= 4 is 17.1 Å². The molecule has 1 unspecified atom stereocenters. The van der Waals surface area contributed by atoms with Crippen molar-refractivity contribution in [3.63, 3.8) is 0 Å². The molecule has 138 valence electrons.